The van der Waals surface area contributed by atoms with Crippen molar-refractivity contribution in [2.24, 2.45) is 5.92 Å². The van der Waals surface area contributed by atoms with Crippen molar-refractivity contribution in [3.63, 3.8) is 0 Å². The van der Waals surface area contributed by atoms with Gasteiger partial charge in [-0.05, 0) is 43.4 Å². The summed E-state index contributed by atoms with van der Waals surface area (Å²) in [6.45, 7) is 2.02. The Kier molecular flexibility index (Phi) is 5.05. The van der Waals surface area contributed by atoms with Crippen LogP contribution in [0, 0.1) is 5.92 Å². The molecule has 0 aliphatic heterocycles. The molecule has 5 heteroatoms. The van der Waals surface area contributed by atoms with Gasteiger partial charge in [0, 0.05) is 6.04 Å². The van der Waals surface area contributed by atoms with Crippen LogP contribution >= 0.6 is 0 Å². The van der Waals surface area contributed by atoms with Gasteiger partial charge in [0.2, 0.25) is 10.0 Å². The normalized spacial score (nSPS) is 18.9. The highest BCUT2D eigenvalue weighted by Crippen LogP contribution is 2.28. The van der Waals surface area contributed by atoms with E-state index in [1.54, 1.807) is 6.07 Å². The van der Waals surface area contributed by atoms with E-state index in [0.717, 1.165) is 19.3 Å². The number of phenolic OH excluding ortho intramolecular Hbond substituents is 1. The van der Waals surface area contributed by atoms with Crippen LogP contribution in [0.2, 0.25) is 0 Å². The molecule has 1 aliphatic carbocycles. The van der Waals surface area contributed by atoms with Crippen molar-refractivity contribution in [2.45, 2.75) is 56.4 Å². The van der Waals surface area contributed by atoms with E-state index in [4.69, 9.17) is 0 Å². The van der Waals surface area contributed by atoms with E-state index in [2.05, 4.69) is 4.72 Å². The monoisotopic (exact) mass is 297 g/mol. The Morgan fingerprint density at radius 2 is 2.00 bits per heavy atom. The maximum Gasteiger partial charge on any atom is 0.240 e. The van der Waals surface area contributed by atoms with Crippen LogP contribution in [0.4, 0.5) is 0 Å². The summed E-state index contributed by atoms with van der Waals surface area (Å²) in [4.78, 5) is 0.131. The van der Waals surface area contributed by atoms with Gasteiger partial charge in [-0.1, -0.05) is 32.3 Å². The molecule has 2 N–H and O–H groups in total. The van der Waals surface area contributed by atoms with Crippen LogP contribution in [0.25, 0.3) is 0 Å². The Morgan fingerprint density at radius 1 is 1.30 bits per heavy atom. The summed E-state index contributed by atoms with van der Waals surface area (Å²) in [5, 5.41) is 9.42. The predicted octanol–water partition coefficient (Wildman–Crippen LogP) is 3.03. The molecule has 1 fully saturated rings. The van der Waals surface area contributed by atoms with Crippen molar-refractivity contribution >= 4 is 10.0 Å². The van der Waals surface area contributed by atoms with Crippen LogP contribution in [0.1, 0.15) is 45.4 Å². The summed E-state index contributed by atoms with van der Waals surface area (Å²) in [6, 6.07) is 5.80. The fraction of sp³-hybridized carbons (Fsp3) is 0.600. The summed E-state index contributed by atoms with van der Waals surface area (Å²) in [5.74, 6) is 0.402. The number of aromatic hydroxyl groups is 1. The van der Waals surface area contributed by atoms with E-state index in [-0.39, 0.29) is 16.7 Å². The second-order valence-corrected chi connectivity index (χ2v) is 7.25. The van der Waals surface area contributed by atoms with E-state index >= 15 is 0 Å². The summed E-state index contributed by atoms with van der Waals surface area (Å²) >= 11 is 0. The van der Waals surface area contributed by atoms with Crippen LogP contribution in [0.3, 0.4) is 0 Å². The van der Waals surface area contributed by atoms with Gasteiger partial charge in [-0.15, -0.1) is 0 Å². The third-order valence-electron chi connectivity index (χ3n) is 4.09. The fourth-order valence-electron chi connectivity index (χ4n) is 2.97. The predicted molar refractivity (Wildman–Crippen MR) is 79.1 cm³/mol. The van der Waals surface area contributed by atoms with Crippen molar-refractivity contribution in [1.82, 2.24) is 4.72 Å². The molecule has 1 unspecified atom stereocenters. The number of phenols is 1. The van der Waals surface area contributed by atoms with Gasteiger partial charge in [0.15, 0.2) is 0 Å². The molecular formula is C15H23NO3S. The van der Waals surface area contributed by atoms with Gasteiger partial charge in [0.1, 0.15) is 5.75 Å². The van der Waals surface area contributed by atoms with Gasteiger partial charge in [-0.25, -0.2) is 13.1 Å². The summed E-state index contributed by atoms with van der Waals surface area (Å²) in [7, 11) is -3.55. The minimum absolute atomic E-state index is 0.0114. The summed E-state index contributed by atoms with van der Waals surface area (Å²) < 4.78 is 27.6. The molecule has 0 amide bonds. The lowest BCUT2D eigenvalue weighted by Gasteiger charge is -2.30. The van der Waals surface area contributed by atoms with Crippen molar-refractivity contribution in [2.75, 3.05) is 0 Å². The molecule has 0 spiro atoms. The molecule has 0 aromatic heterocycles. The molecule has 4 nitrogen and oxygen atoms in total. The molecule has 0 saturated heterocycles. The Bertz CT molecular complexity index is 536. The fourth-order valence-corrected chi connectivity index (χ4v) is 4.39. The zero-order chi connectivity index (χ0) is 14.6. The highest BCUT2D eigenvalue weighted by atomic mass is 32.2. The van der Waals surface area contributed by atoms with Gasteiger partial charge in [0.05, 0.1) is 4.90 Å². The topological polar surface area (TPSA) is 66.4 Å². The number of rotatable bonds is 5. The third-order valence-corrected chi connectivity index (χ3v) is 5.58. The SMILES string of the molecule is CCC(NS(=O)(=O)c1cccc(O)c1)C1CCCCC1. The molecule has 1 aromatic carbocycles. The number of benzene rings is 1. The van der Waals surface area contributed by atoms with Crippen LogP contribution in [0.5, 0.6) is 5.75 Å². The number of hydrogen-bond donors (Lipinski definition) is 2. The van der Waals surface area contributed by atoms with E-state index in [0.29, 0.717) is 5.92 Å². The lowest BCUT2D eigenvalue weighted by Crippen LogP contribution is -2.40. The maximum atomic E-state index is 12.4. The molecule has 0 bridgehead atoms. The molecule has 1 saturated carbocycles. The van der Waals surface area contributed by atoms with Crippen LogP contribution in [-0.4, -0.2) is 19.6 Å². The van der Waals surface area contributed by atoms with Crippen molar-refractivity contribution < 1.29 is 13.5 Å². The highest BCUT2D eigenvalue weighted by Gasteiger charge is 2.27. The number of nitrogens with one attached hydrogen (secondary N) is 1. The summed E-state index contributed by atoms with van der Waals surface area (Å²) in [6.07, 6.45) is 6.63. The lowest BCUT2D eigenvalue weighted by molar-refractivity contribution is 0.285. The van der Waals surface area contributed by atoms with Crippen molar-refractivity contribution in [1.29, 1.82) is 0 Å². The molecule has 1 aliphatic rings. The van der Waals surface area contributed by atoms with Crippen LogP contribution in [0.15, 0.2) is 29.2 Å². The van der Waals surface area contributed by atoms with E-state index in [9.17, 15) is 13.5 Å². The standard InChI is InChI=1S/C15H23NO3S/c1-2-15(12-7-4-3-5-8-12)16-20(18,19)14-10-6-9-13(17)11-14/h6,9-12,15-17H,2-5,7-8H2,1H3. The van der Waals surface area contributed by atoms with Gasteiger partial charge >= 0.3 is 0 Å². The average Bonchev–Trinajstić information content (AvgIpc) is 2.46. The van der Waals surface area contributed by atoms with Gasteiger partial charge in [0.25, 0.3) is 0 Å². The molecule has 112 valence electrons. The number of sulfonamides is 1. The number of hydrogen-bond acceptors (Lipinski definition) is 3. The second kappa shape index (κ2) is 6.59. The third kappa shape index (κ3) is 3.73. The molecule has 0 radical (unpaired) electrons. The Morgan fingerprint density at radius 3 is 2.60 bits per heavy atom. The first kappa shape index (κ1) is 15.3. The van der Waals surface area contributed by atoms with Crippen LogP contribution in [-0.2, 0) is 10.0 Å². The molecule has 2 rings (SSSR count). The zero-order valence-electron chi connectivity index (χ0n) is 11.9. The van der Waals surface area contributed by atoms with E-state index < -0.39 is 10.0 Å². The zero-order valence-corrected chi connectivity index (χ0v) is 12.7. The molecule has 1 atom stereocenters. The molecule has 0 heterocycles. The lowest BCUT2D eigenvalue weighted by atomic mass is 9.83. The van der Waals surface area contributed by atoms with Gasteiger partial charge < -0.3 is 5.11 Å². The first-order valence-corrected chi connectivity index (χ1v) is 8.82. The van der Waals surface area contributed by atoms with Crippen molar-refractivity contribution in [3.8, 4) is 5.75 Å². The molecule has 1 aromatic rings. The summed E-state index contributed by atoms with van der Waals surface area (Å²) in [5.41, 5.74) is 0. The van der Waals surface area contributed by atoms with Crippen molar-refractivity contribution in [3.05, 3.63) is 24.3 Å². The Balaban J connectivity index is 2.13. The molecule has 20 heavy (non-hydrogen) atoms. The van der Waals surface area contributed by atoms with Gasteiger partial charge in [-0.3, -0.25) is 0 Å². The Labute approximate surface area is 121 Å². The second-order valence-electron chi connectivity index (χ2n) is 5.53. The quantitative estimate of drug-likeness (QED) is 0.878. The minimum atomic E-state index is -3.55. The smallest absolute Gasteiger partial charge is 0.240 e. The van der Waals surface area contributed by atoms with E-state index in [1.165, 1.54) is 37.5 Å². The molecular weight excluding hydrogens is 274 g/mol. The largest absolute Gasteiger partial charge is 0.508 e. The Hall–Kier alpha value is -1.07. The van der Waals surface area contributed by atoms with E-state index in [1.807, 2.05) is 6.92 Å². The minimum Gasteiger partial charge on any atom is -0.508 e. The average molecular weight is 297 g/mol. The highest BCUT2D eigenvalue weighted by molar-refractivity contribution is 7.89. The van der Waals surface area contributed by atoms with Crippen LogP contribution < -0.4 is 4.72 Å². The maximum absolute atomic E-state index is 12.4. The first-order valence-electron chi connectivity index (χ1n) is 7.34. The van der Waals surface area contributed by atoms with Gasteiger partial charge in [-0.2, -0.15) is 0 Å². The first-order chi connectivity index (χ1) is 9.53.